The van der Waals surface area contributed by atoms with Gasteiger partial charge >= 0.3 is 0 Å². The van der Waals surface area contributed by atoms with Gasteiger partial charge in [0.1, 0.15) is 28.1 Å². The molecule has 1 N–H and O–H groups in total. The average molecular weight is 396 g/mol. The molecule has 0 atom stereocenters. The van der Waals surface area contributed by atoms with E-state index in [4.69, 9.17) is 9.15 Å². The standard InChI is InChI=1S/C25H16O5/c1-29-17-9-6-15(7-10-17)23(27)16-12-20(26)22-21(13-16)30-25-18-5-3-2-4-14(18)8-11-19(25)24(22)28/h2-13,26H,1H3. The van der Waals surface area contributed by atoms with Gasteiger partial charge in [-0.25, -0.2) is 0 Å². The molecular weight excluding hydrogens is 380 g/mol. The summed E-state index contributed by atoms with van der Waals surface area (Å²) in [7, 11) is 1.55. The monoisotopic (exact) mass is 396 g/mol. The number of benzene rings is 4. The van der Waals surface area contributed by atoms with Crippen LogP contribution >= 0.6 is 0 Å². The Bertz CT molecular complexity index is 1510. The van der Waals surface area contributed by atoms with E-state index in [0.29, 0.717) is 22.3 Å². The van der Waals surface area contributed by atoms with Crippen molar-refractivity contribution >= 4 is 38.5 Å². The third-order valence-electron chi connectivity index (χ3n) is 5.26. The molecule has 0 aliphatic rings. The van der Waals surface area contributed by atoms with Crippen LogP contribution in [-0.4, -0.2) is 18.0 Å². The molecule has 0 aliphatic carbocycles. The lowest BCUT2D eigenvalue weighted by atomic mass is 10.00. The lowest BCUT2D eigenvalue weighted by Crippen LogP contribution is -2.06. The highest BCUT2D eigenvalue weighted by Crippen LogP contribution is 2.31. The van der Waals surface area contributed by atoms with Gasteiger partial charge in [-0.2, -0.15) is 0 Å². The van der Waals surface area contributed by atoms with E-state index in [1.54, 1.807) is 37.4 Å². The Kier molecular flexibility index (Phi) is 4.03. The molecule has 1 aromatic heterocycles. The first-order valence-corrected chi connectivity index (χ1v) is 9.37. The van der Waals surface area contributed by atoms with Gasteiger partial charge in [-0.3, -0.25) is 9.59 Å². The van der Waals surface area contributed by atoms with Crippen molar-refractivity contribution in [2.75, 3.05) is 7.11 Å². The van der Waals surface area contributed by atoms with Crippen molar-refractivity contribution in [3.8, 4) is 11.5 Å². The number of phenols is 1. The molecule has 0 amide bonds. The van der Waals surface area contributed by atoms with Gasteiger partial charge in [0.2, 0.25) is 5.43 Å². The van der Waals surface area contributed by atoms with Crippen LogP contribution in [0.15, 0.2) is 82.0 Å². The largest absolute Gasteiger partial charge is 0.507 e. The Hall–Kier alpha value is -4.12. The number of ketones is 1. The summed E-state index contributed by atoms with van der Waals surface area (Å²) in [6.45, 7) is 0. The molecule has 1 heterocycles. The molecule has 0 saturated heterocycles. The smallest absolute Gasteiger partial charge is 0.204 e. The molecule has 5 rings (SSSR count). The molecule has 0 saturated carbocycles. The maximum atomic E-state index is 13.1. The summed E-state index contributed by atoms with van der Waals surface area (Å²) in [6, 6.07) is 20.6. The Labute approximate surface area is 170 Å². The van der Waals surface area contributed by atoms with Gasteiger partial charge in [-0.1, -0.05) is 30.3 Å². The van der Waals surface area contributed by atoms with Crippen molar-refractivity contribution in [2.24, 2.45) is 0 Å². The van der Waals surface area contributed by atoms with E-state index in [1.807, 2.05) is 30.3 Å². The number of carbonyl (C=O) groups is 1. The second-order valence-corrected chi connectivity index (χ2v) is 7.02. The number of hydrogen-bond acceptors (Lipinski definition) is 5. The second-order valence-electron chi connectivity index (χ2n) is 7.02. The predicted octanol–water partition coefficient (Wildman–Crippen LogP) is 5.04. The van der Waals surface area contributed by atoms with E-state index in [1.165, 1.54) is 12.1 Å². The summed E-state index contributed by atoms with van der Waals surface area (Å²) < 4.78 is 11.2. The van der Waals surface area contributed by atoms with Gasteiger partial charge in [0, 0.05) is 16.5 Å². The average Bonchev–Trinajstić information content (AvgIpc) is 2.78. The van der Waals surface area contributed by atoms with Crippen molar-refractivity contribution in [3.63, 3.8) is 0 Å². The van der Waals surface area contributed by atoms with Crippen LogP contribution < -0.4 is 10.2 Å². The number of aromatic hydroxyl groups is 1. The van der Waals surface area contributed by atoms with Crippen LogP contribution in [0.5, 0.6) is 11.5 Å². The second kappa shape index (κ2) is 6.74. The molecule has 0 spiro atoms. The number of ether oxygens (including phenoxy) is 1. The first-order chi connectivity index (χ1) is 14.6. The Morgan fingerprint density at radius 3 is 2.43 bits per heavy atom. The molecular formula is C25H16O5. The van der Waals surface area contributed by atoms with Crippen LogP contribution in [0.25, 0.3) is 32.7 Å². The highest BCUT2D eigenvalue weighted by Gasteiger charge is 2.18. The first kappa shape index (κ1) is 17.9. The Morgan fingerprint density at radius 2 is 1.67 bits per heavy atom. The zero-order valence-electron chi connectivity index (χ0n) is 16.0. The minimum Gasteiger partial charge on any atom is -0.507 e. The SMILES string of the molecule is COc1ccc(C(=O)c2cc(O)c3c(=O)c4ccc5ccccc5c4oc3c2)cc1. The zero-order valence-corrected chi connectivity index (χ0v) is 16.0. The minimum atomic E-state index is -0.335. The minimum absolute atomic E-state index is 0.0593. The predicted molar refractivity (Wildman–Crippen MR) is 116 cm³/mol. The van der Waals surface area contributed by atoms with Crippen LogP contribution in [0.2, 0.25) is 0 Å². The van der Waals surface area contributed by atoms with E-state index < -0.39 is 0 Å². The van der Waals surface area contributed by atoms with Gasteiger partial charge in [0.25, 0.3) is 0 Å². The molecule has 0 radical (unpaired) electrons. The summed E-state index contributed by atoms with van der Waals surface area (Å²) in [5.41, 5.74) is 0.925. The summed E-state index contributed by atoms with van der Waals surface area (Å²) in [4.78, 5) is 26.0. The topological polar surface area (TPSA) is 76.7 Å². The fraction of sp³-hybridized carbons (Fsp3) is 0.0400. The van der Waals surface area contributed by atoms with E-state index in [-0.39, 0.29) is 33.5 Å². The first-order valence-electron chi connectivity index (χ1n) is 9.37. The fourth-order valence-corrected chi connectivity index (χ4v) is 3.73. The van der Waals surface area contributed by atoms with Crippen LogP contribution in [0.3, 0.4) is 0 Å². The molecule has 146 valence electrons. The maximum absolute atomic E-state index is 13.1. The number of carbonyl (C=O) groups excluding carboxylic acids is 1. The van der Waals surface area contributed by atoms with Gasteiger partial charge in [0.05, 0.1) is 12.5 Å². The molecule has 4 aromatic carbocycles. The normalized spacial score (nSPS) is 11.2. The van der Waals surface area contributed by atoms with Gasteiger partial charge in [-0.15, -0.1) is 0 Å². The quantitative estimate of drug-likeness (QED) is 0.262. The number of fused-ring (bicyclic) bond motifs is 4. The van der Waals surface area contributed by atoms with Crippen molar-refractivity contribution < 1.29 is 19.1 Å². The number of phenolic OH excluding ortho intramolecular Hbond substituents is 1. The fourth-order valence-electron chi connectivity index (χ4n) is 3.73. The molecule has 5 heteroatoms. The molecule has 5 aromatic rings. The zero-order chi connectivity index (χ0) is 20.8. The highest BCUT2D eigenvalue weighted by molar-refractivity contribution is 6.12. The van der Waals surface area contributed by atoms with Gasteiger partial charge in [0.15, 0.2) is 5.78 Å². The third kappa shape index (κ3) is 2.71. The van der Waals surface area contributed by atoms with Crippen molar-refractivity contribution in [3.05, 3.63) is 94.1 Å². The number of hydrogen-bond donors (Lipinski definition) is 1. The van der Waals surface area contributed by atoms with Crippen LogP contribution in [0.4, 0.5) is 0 Å². The summed E-state index contributed by atoms with van der Waals surface area (Å²) >= 11 is 0. The van der Waals surface area contributed by atoms with Crippen LogP contribution in [0, 0.1) is 0 Å². The van der Waals surface area contributed by atoms with Crippen molar-refractivity contribution in [1.29, 1.82) is 0 Å². The van der Waals surface area contributed by atoms with Crippen LogP contribution in [0.1, 0.15) is 15.9 Å². The third-order valence-corrected chi connectivity index (χ3v) is 5.26. The number of methoxy groups -OCH3 is 1. The molecule has 5 nitrogen and oxygen atoms in total. The molecule has 0 unspecified atom stereocenters. The van der Waals surface area contributed by atoms with E-state index >= 15 is 0 Å². The van der Waals surface area contributed by atoms with Crippen molar-refractivity contribution in [2.45, 2.75) is 0 Å². The van der Waals surface area contributed by atoms with Gasteiger partial charge in [-0.05, 0) is 47.9 Å². The maximum Gasteiger partial charge on any atom is 0.204 e. The van der Waals surface area contributed by atoms with Crippen LogP contribution in [-0.2, 0) is 0 Å². The lowest BCUT2D eigenvalue weighted by Gasteiger charge is -2.08. The van der Waals surface area contributed by atoms with E-state index in [0.717, 1.165) is 10.8 Å². The molecule has 0 fully saturated rings. The summed E-state index contributed by atoms with van der Waals surface area (Å²) in [5.74, 6) is 0.0564. The van der Waals surface area contributed by atoms with E-state index in [2.05, 4.69) is 0 Å². The molecule has 0 aliphatic heterocycles. The number of rotatable bonds is 3. The van der Waals surface area contributed by atoms with E-state index in [9.17, 15) is 14.7 Å². The van der Waals surface area contributed by atoms with Gasteiger partial charge < -0.3 is 14.3 Å². The Morgan fingerprint density at radius 1 is 0.900 bits per heavy atom. The van der Waals surface area contributed by atoms with Crippen molar-refractivity contribution in [1.82, 2.24) is 0 Å². The highest BCUT2D eigenvalue weighted by atomic mass is 16.5. The Balaban J connectivity index is 1.75. The molecule has 0 bridgehead atoms. The lowest BCUT2D eigenvalue weighted by molar-refractivity contribution is 0.103. The summed E-state index contributed by atoms with van der Waals surface area (Å²) in [5, 5.41) is 12.7. The summed E-state index contributed by atoms with van der Waals surface area (Å²) in [6.07, 6.45) is 0. The molecule has 30 heavy (non-hydrogen) atoms.